The molecule has 1 aromatic rings. The van der Waals surface area contributed by atoms with Crippen LogP contribution in [0.15, 0.2) is 6.07 Å². The van der Waals surface area contributed by atoms with Crippen LogP contribution in [0.2, 0.25) is 0 Å². The summed E-state index contributed by atoms with van der Waals surface area (Å²) in [6, 6.07) is 0.225. The van der Waals surface area contributed by atoms with Crippen LogP contribution in [0.25, 0.3) is 0 Å². The SMILES string of the molecule is CCNC(Cc1cc(CC)nn1C)C(F)(F)F. The van der Waals surface area contributed by atoms with Crippen LogP contribution >= 0.6 is 0 Å². The third-order valence-corrected chi connectivity index (χ3v) is 2.65. The van der Waals surface area contributed by atoms with Crippen LogP contribution in [0.1, 0.15) is 25.2 Å². The summed E-state index contributed by atoms with van der Waals surface area (Å²) < 4.78 is 39.7. The van der Waals surface area contributed by atoms with Crippen molar-refractivity contribution in [2.75, 3.05) is 6.54 Å². The first kappa shape index (κ1) is 14.0. The van der Waals surface area contributed by atoms with Gasteiger partial charge in [0.2, 0.25) is 0 Å². The minimum absolute atomic E-state index is 0.0825. The van der Waals surface area contributed by atoms with Gasteiger partial charge in [-0.15, -0.1) is 0 Å². The minimum atomic E-state index is -4.23. The molecule has 0 saturated carbocycles. The van der Waals surface area contributed by atoms with Crippen LogP contribution in [-0.2, 0) is 19.9 Å². The molecule has 0 amide bonds. The highest BCUT2D eigenvalue weighted by molar-refractivity contribution is 5.12. The highest BCUT2D eigenvalue weighted by Crippen LogP contribution is 2.23. The van der Waals surface area contributed by atoms with E-state index in [9.17, 15) is 13.2 Å². The summed E-state index contributed by atoms with van der Waals surface area (Å²) in [5.41, 5.74) is 1.42. The number of hydrogen-bond donors (Lipinski definition) is 1. The number of aryl methyl sites for hydroxylation is 2. The Labute approximate surface area is 99.0 Å². The fraction of sp³-hybridized carbons (Fsp3) is 0.727. The first-order valence-electron chi connectivity index (χ1n) is 5.70. The molecule has 0 radical (unpaired) electrons. The highest BCUT2D eigenvalue weighted by atomic mass is 19.4. The number of rotatable bonds is 5. The maximum Gasteiger partial charge on any atom is 0.404 e. The average molecular weight is 249 g/mol. The number of nitrogens with one attached hydrogen (secondary N) is 1. The van der Waals surface area contributed by atoms with E-state index in [1.165, 1.54) is 4.68 Å². The van der Waals surface area contributed by atoms with Gasteiger partial charge in [0.25, 0.3) is 0 Å². The van der Waals surface area contributed by atoms with Crippen LogP contribution in [0.4, 0.5) is 13.2 Å². The van der Waals surface area contributed by atoms with E-state index in [2.05, 4.69) is 10.4 Å². The Morgan fingerprint density at radius 2 is 2.06 bits per heavy atom. The van der Waals surface area contributed by atoms with Gasteiger partial charge in [-0.1, -0.05) is 13.8 Å². The predicted octanol–water partition coefficient (Wildman–Crippen LogP) is 2.07. The van der Waals surface area contributed by atoms with E-state index >= 15 is 0 Å². The van der Waals surface area contributed by atoms with Crippen molar-refractivity contribution < 1.29 is 13.2 Å². The monoisotopic (exact) mass is 249 g/mol. The van der Waals surface area contributed by atoms with Gasteiger partial charge in [-0.25, -0.2) is 0 Å². The summed E-state index contributed by atoms with van der Waals surface area (Å²) >= 11 is 0. The second-order valence-corrected chi connectivity index (χ2v) is 3.96. The van der Waals surface area contributed by atoms with Crippen molar-refractivity contribution in [2.24, 2.45) is 7.05 Å². The van der Waals surface area contributed by atoms with Gasteiger partial charge >= 0.3 is 6.18 Å². The lowest BCUT2D eigenvalue weighted by Crippen LogP contribution is -2.44. The summed E-state index contributed by atoms with van der Waals surface area (Å²) in [4.78, 5) is 0. The Kier molecular flexibility index (Phi) is 4.56. The Morgan fingerprint density at radius 1 is 1.41 bits per heavy atom. The molecule has 1 N–H and O–H groups in total. The number of alkyl halides is 3. The van der Waals surface area contributed by atoms with Gasteiger partial charge in [0.05, 0.1) is 5.69 Å². The zero-order chi connectivity index (χ0) is 13.1. The maximum absolute atomic E-state index is 12.7. The molecule has 1 heterocycles. The molecule has 1 unspecified atom stereocenters. The zero-order valence-electron chi connectivity index (χ0n) is 10.3. The largest absolute Gasteiger partial charge is 0.404 e. The quantitative estimate of drug-likeness (QED) is 0.865. The summed E-state index contributed by atoms with van der Waals surface area (Å²) in [7, 11) is 1.67. The molecule has 98 valence electrons. The molecule has 0 saturated heterocycles. The smallest absolute Gasteiger partial charge is 0.306 e. The summed E-state index contributed by atoms with van der Waals surface area (Å²) in [6.45, 7) is 3.89. The summed E-state index contributed by atoms with van der Waals surface area (Å²) in [6.07, 6.45) is -3.58. The van der Waals surface area contributed by atoms with Gasteiger partial charge < -0.3 is 5.32 Å². The van der Waals surface area contributed by atoms with Crippen molar-refractivity contribution in [3.63, 3.8) is 0 Å². The van der Waals surface area contributed by atoms with Gasteiger partial charge in [-0.3, -0.25) is 4.68 Å². The predicted molar refractivity (Wildman–Crippen MR) is 59.8 cm³/mol. The molecule has 3 nitrogen and oxygen atoms in total. The Morgan fingerprint density at radius 3 is 2.47 bits per heavy atom. The molecule has 0 bridgehead atoms. The maximum atomic E-state index is 12.7. The van der Waals surface area contributed by atoms with Crippen LogP contribution in [0, 0.1) is 0 Å². The molecule has 0 aliphatic heterocycles. The molecule has 0 aliphatic carbocycles. The molecular weight excluding hydrogens is 231 g/mol. The molecular formula is C11H18F3N3. The van der Waals surface area contributed by atoms with Crippen molar-refractivity contribution >= 4 is 0 Å². The van der Waals surface area contributed by atoms with E-state index in [1.54, 1.807) is 20.0 Å². The number of nitrogens with zero attached hydrogens (tertiary/aromatic N) is 2. The van der Waals surface area contributed by atoms with E-state index in [1.807, 2.05) is 6.92 Å². The average Bonchev–Trinajstić information content (AvgIpc) is 2.58. The van der Waals surface area contributed by atoms with Gasteiger partial charge in [0.1, 0.15) is 6.04 Å². The topological polar surface area (TPSA) is 29.9 Å². The van der Waals surface area contributed by atoms with Crippen molar-refractivity contribution in [3.05, 3.63) is 17.5 Å². The number of hydrogen-bond acceptors (Lipinski definition) is 2. The Bertz CT molecular complexity index is 357. The van der Waals surface area contributed by atoms with Gasteiger partial charge in [-0.2, -0.15) is 18.3 Å². The summed E-state index contributed by atoms with van der Waals surface area (Å²) in [5.74, 6) is 0. The molecule has 1 aromatic heterocycles. The molecule has 1 atom stereocenters. The number of halogens is 3. The number of likely N-dealkylation sites (N-methyl/N-ethyl adjacent to an activating group) is 1. The van der Waals surface area contributed by atoms with Crippen molar-refractivity contribution in [2.45, 2.75) is 38.9 Å². The van der Waals surface area contributed by atoms with E-state index in [-0.39, 0.29) is 6.42 Å². The van der Waals surface area contributed by atoms with E-state index in [0.717, 1.165) is 12.1 Å². The highest BCUT2D eigenvalue weighted by Gasteiger charge is 2.39. The second-order valence-electron chi connectivity index (χ2n) is 3.96. The standard InChI is InChI=1S/C11H18F3N3/c1-4-8-6-9(17(3)16-8)7-10(15-5-2)11(12,13)14/h6,10,15H,4-5,7H2,1-3H3. The normalized spacial score (nSPS) is 14.0. The minimum Gasteiger partial charge on any atom is -0.306 e. The fourth-order valence-corrected chi connectivity index (χ4v) is 1.69. The van der Waals surface area contributed by atoms with Crippen molar-refractivity contribution in [1.29, 1.82) is 0 Å². The van der Waals surface area contributed by atoms with Crippen LogP contribution in [0.5, 0.6) is 0 Å². The van der Waals surface area contributed by atoms with Crippen molar-refractivity contribution in [3.8, 4) is 0 Å². The van der Waals surface area contributed by atoms with E-state index < -0.39 is 12.2 Å². The Balaban J connectivity index is 2.82. The first-order chi connectivity index (χ1) is 7.88. The van der Waals surface area contributed by atoms with E-state index in [0.29, 0.717) is 12.2 Å². The number of aromatic nitrogens is 2. The van der Waals surface area contributed by atoms with Gasteiger partial charge in [0.15, 0.2) is 0 Å². The van der Waals surface area contributed by atoms with Gasteiger partial charge in [0, 0.05) is 19.2 Å². The van der Waals surface area contributed by atoms with Crippen molar-refractivity contribution in [1.82, 2.24) is 15.1 Å². The lowest BCUT2D eigenvalue weighted by atomic mass is 10.1. The fourth-order valence-electron chi connectivity index (χ4n) is 1.69. The van der Waals surface area contributed by atoms with Crippen LogP contribution < -0.4 is 5.32 Å². The Hall–Kier alpha value is -1.04. The first-order valence-corrected chi connectivity index (χ1v) is 5.70. The lowest BCUT2D eigenvalue weighted by molar-refractivity contribution is -0.155. The van der Waals surface area contributed by atoms with Gasteiger partial charge in [-0.05, 0) is 19.0 Å². The molecule has 6 heteroatoms. The molecule has 0 spiro atoms. The zero-order valence-corrected chi connectivity index (χ0v) is 10.3. The molecule has 1 rings (SSSR count). The summed E-state index contributed by atoms with van der Waals surface area (Å²) in [5, 5.41) is 6.61. The molecule has 0 aliphatic rings. The molecule has 17 heavy (non-hydrogen) atoms. The van der Waals surface area contributed by atoms with Crippen LogP contribution in [0.3, 0.4) is 0 Å². The molecule has 0 fully saturated rings. The second kappa shape index (κ2) is 5.53. The third-order valence-electron chi connectivity index (χ3n) is 2.65. The molecule has 0 aromatic carbocycles. The third kappa shape index (κ3) is 3.73. The van der Waals surface area contributed by atoms with Crippen LogP contribution in [-0.4, -0.2) is 28.5 Å². The lowest BCUT2D eigenvalue weighted by Gasteiger charge is -2.20. The van der Waals surface area contributed by atoms with E-state index in [4.69, 9.17) is 0 Å².